The van der Waals surface area contributed by atoms with Crippen LogP contribution in [0.15, 0.2) is 18.2 Å². The molecular weight excluding hydrogens is 176 g/mol. The topological polar surface area (TPSA) is 55.1 Å². The third-order valence-corrected chi connectivity index (χ3v) is 1.90. The molecule has 0 spiro atoms. The quantitative estimate of drug-likeness (QED) is 0.747. The number of carbonyl (C=O) groups excluding carboxylic acids is 1. The van der Waals surface area contributed by atoms with Crippen molar-refractivity contribution in [3.05, 3.63) is 29.3 Å². The molecule has 3 N–H and O–H groups in total. The van der Waals surface area contributed by atoms with Crippen LogP contribution in [0, 0.1) is 13.8 Å². The van der Waals surface area contributed by atoms with Crippen molar-refractivity contribution in [1.82, 2.24) is 0 Å². The first-order valence-electron chi connectivity index (χ1n) is 4.64. The maximum absolute atomic E-state index is 11.3. The average molecular weight is 192 g/mol. The fourth-order valence-electron chi connectivity index (χ4n) is 1.30. The molecular formula is C11H16N2O. The predicted molar refractivity (Wildman–Crippen MR) is 58.2 cm³/mol. The van der Waals surface area contributed by atoms with Gasteiger partial charge in [-0.05, 0) is 44.0 Å². The number of anilines is 1. The molecule has 0 saturated heterocycles. The molecule has 1 aromatic rings. The standard InChI is InChI=1S/C11H16N2O/c1-7-4-8(2)6-10(5-7)13-11(14)9(3)12/h4-6,9H,12H2,1-3H3,(H,13,14). The molecule has 0 aliphatic carbocycles. The van der Waals surface area contributed by atoms with E-state index in [0.29, 0.717) is 0 Å². The fraction of sp³-hybridized carbons (Fsp3) is 0.364. The highest BCUT2D eigenvalue weighted by Crippen LogP contribution is 2.13. The zero-order valence-corrected chi connectivity index (χ0v) is 8.79. The van der Waals surface area contributed by atoms with Gasteiger partial charge in [0, 0.05) is 5.69 Å². The summed E-state index contributed by atoms with van der Waals surface area (Å²) in [6.07, 6.45) is 0. The largest absolute Gasteiger partial charge is 0.325 e. The number of benzene rings is 1. The molecule has 0 fully saturated rings. The van der Waals surface area contributed by atoms with E-state index >= 15 is 0 Å². The van der Waals surface area contributed by atoms with E-state index in [9.17, 15) is 4.79 Å². The van der Waals surface area contributed by atoms with Gasteiger partial charge in [-0.2, -0.15) is 0 Å². The third kappa shape index (κ3) is 2.85. The summed E-state index contributed by atoms with van der Waals surface area (Å²) < 4.78 is 0. The first kappa shape index (κ1) is 10.7. The maximum Gasteiger partial charge on any atom is 0.240 e. The lowest BCUT2D eigenvalue weighted by Crippen LogP contribution is -2.32. The minimum Gasteiger partial charge on any atom is -0.325 e. The zero-order valence-electron chi connectivity index (χ0n) is 8.79. The molecule has 1 aromatic carbocycles. The molecule has 1 unspecified atom stereocenters. The van der Waals surface area contributed by atoms with E-state index in [-0.39, 0.29) is 5.91 Å². The summed E-state index contributed by atoms with van der Waals surface area (Å²) in [7, 11) is 0. The Hall–Kier alpha value is -1.35. The van der Waals surface area contributed by atoms with Crippen LogP contribution in [0.4, 0.5) is 5.69 Å². The Labute approximate surface area is 84.3 Å². The lowest BCUT2D eigenvalue weighted by atomic mass is 10.1. The number of hydrogen-bond acceptors (Lipinski definition) is 2. The maximum atomic E-state index is 11.3. The van der Waals surface area contributed by atoms with Crippen LogP contribution >= 0.6 is 0 Å². The molecule has 0 saturated carbocycles. The van der Waals surface area contributed by atoms with Gasteiger partial charge in [-0.1, -0.05) is 6.07 Å². The van der Waals surface area contributed by atoms with E-state index in [0.717, 1.165) is 16.8 Å². The first-order valence-corrected chi connectivity index (χ1v) is 4.64. The fourth-order valence-corrected chi connectivity index (χ4v) is 1.30. The van der Waals surface area contributed by atoms with Crippen molar-refractivity contribution in [2.75, 3.05) is 5.32 Å². The molecule has 14 heavy (non-hydrogen) atoms. The summed E-state index contributed by atoms with van der Waals surface area (Å²) in [6, 6.07) is 5.43. The van der Waals surface area contributed by atoms with E-state index in [4.69, 9.17) is 5.73 Å². The first-order chi connectivity index (χ1) is 6.49. The lowest BCUT2D eigenvalue weighted by molar-refractivity contribution is -0.117. The van der Waals surface area contributed by atoms with Crippen LogP contribution in [0.3, 0.4) is 0 Å². The van der Waals surface area contributed by atoms with E-state index in [1.807, 2.05) is 26.0 Å². The van der Waals surface area contributed by atoms with E-state index in [2.05, 4.69) is 11.4 Å². The molecule has 0 bridgehead atoms. The van der Waals surface area contributed by atoms with Gasteiger partial charge in [-0.25, -0.2) is 0 Å². The number of rotatable bonds is 2. The van der Waals surface area contributed by atoms with Crippen LogP contribution in [0.1, 0.15) is 18.1 Å². The van der Waals surface area contributed by atoms with Crippen LogP contribution in [0.5, 0.6) is 0 Å². The van der Waals surface area contributed by atoms with Gasteiger partial charge in [0.15, 0.2) is 0 Å². The van der Waals surface area contributed by atoms with Gasteiger partial charge in [0.2, 0.25) is 5.91 Å². The summed E-state index contributed by atoms with van der Waals surface area (Å²) in [5.74, 6) is -0.157. The summed E-state index contributed by atoms with van der Waals surface area (Å²) in [4.78, 5) is 11.3. The van der Waals surface area contributed by atoms with Gasteiger partial charge in [-0.3, -0.25) is 4.79 Å². The van der Waals surface area contributed by atoms with E-state index in [1.54, 1.807) is 6.92 Å². The lowest BCUT2D eigenvalue weighted by Gasteiger charge is -2.09. The highest BCUT2D eigenvalue weighted by Gasteiger charge is 2.07. The molecule has 76 valence electrons. The van der Waals surface area contributed by atoms with Crippen molar-refractivity contribution in [3.8, 4) is 0 Å². The molecule has 0 aromatic heterocycles. The zero-order chi connectivity index (χ0) is 10.7. The molecule has 0 aliphatic rings. The number of nitrogens with two attached hydrogens (primary N) is 1. The van der Waals surface area contributed by atoms with Crippen LogP contribution < -0.4 is 11.1 Å². The predicted octanol–water partition coefficient (Wildman–Crippen LogP) is 1.59. The second-order valence-corrected chi connectivity index (χ2v) is 3.65. The molecule has 0 radical (unpaired) electrons. The molecule has 1 rings (SSSR count). The number of carbonyl (C=O) groups is 1. The molecule has 0 aliphatic heterocycles. The van der Waals surface area contributed by atoms with Gasteiger partial charge in [0.05, 0.1) is 6.04 Å². The third-order valence-electron chi connectivity index (χ3n) is 1.90. The van der Waals surface area contributed by atoms with Gasteiger partial charge < -0.3 is 11.1 Å². The van der Waals surface area contributed by atoms with Gasteiger partial charge in [-0.15, -0.1) is 0 Å². The Morgan fingerprint density at radius 1 is 1.29 bits per heavy atom. The van der Waals surface area contributed by atoms with Crippen LogP contribution in [0.25, 0.3) is 0 Å². The molecule has 3 nitrogen and oxygen atoms in total. The number of hydrogen-bond donors (Lipinski definition) is 2. The normalized spacial score (nSPS) is 12.3. The summed E-state index contributed by atoms with van der Waals surface area (Å²) in [5, 5.41) is 2.76. The van der Waals surface area contributed by atoms with Crippen LogP contribution in [0.2, 0.25) is 0 Å². The second-order valence-electron chi connectivity index (χ2n) is 3.65. The van der Waals surface area contributed by atoms with Gasteiger partial charge in [0.25, 0.3) is 0 Å². The average Bonchev–Trinajstić information content (AvgIpc) is 2.01. The van der Waals surface area contributed by atoms with E-state index < -0.39 is 6.04 Å². The van der Waals surface area contributed by atoms with Crippen molar-refractivity contribution in [2.45, 2.75) is 26.8 Å². The minimum atomic E-state index is -0.476. The monoisotopic (exact) mass is 192 g/mol. The Morgan fingerprint density at radius 2 is 1.79 bits per heavy atom. The SMILES string of the molecule is Cc1cc(C)cc(NC(=O)C(C)N)c1. The highest BCUT2D eigenvalue weighted by molar-refractivity contribution is 5.94. The van der Waals surface area contributed by atoms with Crippen molar-refractivity contribution in [2.24, 2.45) is 5.73 Å². The number of aryl methyl sites for hydroxylation is 2. The second kappa shape index (κ2) is 4.24. The van der Waals surface area contributed by atoms with Crippen LogP contribution in [-0.4, -0.2) is 11.9 Å². The molecule has 1 atom stereocenters. The molecule has 1 amide bonds. The minimum absolute atomic E-state index is 0.157. The van der Waals surface area contributed by atoms with Crippen molar-refractivity contribution in [3.63, 3.8) is 0 Å². The molecule has 0 heterocycles. The van der Waals surface area contributed by atoms with Crippen molar-refractivity contribution < 1.29 is 4.79 Å². The summed E-state index contributed by atoms with van der Waals surface area (Å²) in [5.41, 5.74) is 8.52. The van der Waals surface area contributed by atoms with Crippen molar-refractivity contribution >= 4 is 11.6 Å². The Bertz CT molecular complexity index is 325. The Kier molecular flexibility index (Phi) is 3.25. The molecule has 3 heteroatoms. The summed E-state index contributed by atoms with van der Waals surface area (Å²) in [6.45, 7) is 5.65. The Morgan fingerprint density at radius 3 is 2.21 bits per heavy atom. The van der Waals surface area contributed by atoms with Crippen molar-refractivity contribution in [1.29, 1.82) is 0 Å². The Balaban J connectivity index is 2.82. The summed E-state index contributed by atoms with van der Waals surface area (Å²) >= 11 is 0. The van der Waals surface area contributed by atoms with E-state index in [1.165, 1.54) is 0 Å². The van der Waals surface area contributed by atoms with Gasteiger partial charge >= 0.3 is 0 Å². The number of nitrogens with one attached hydrogen (secondary N) is 1. The van der Waals surface area contributed by atoms with Crippen LogP contribution in [-0.2, 0) is 4.79 Å². The number of amides is 1. The highest BCUT2D eigenvalue weighted by atomic mass is 16.2. The smallest absolute Gasteiger partial charge is 0.240 e. The van der Waals surface area contributed by atoms with Gasteiger partial charge in [0.1, 0.15) is 0 Å².